The third-order valence-electron chi connectivity index (χ3n) is 4.20. The van der Waals surface area contributed by atoms with Crippen LogP contribution in [0, 0.1) is 5.92 Å². The molecule has 118 valence electrons. The van der Waals surface area contributed by atoms with Crippen LogP contribution in [0.25, 0.3) is 0 Å². The van der Waals surface area contributed by atoms with Gasteiger partial charge in [0.25, 0.3) is 0 Å². The van der Waals surface area contributed by atoms with Crippen molar-refractivity contribution in [2.45, 2.75) is 65.5 Å². The second-order valence-corrected chi connectivity index (χ2v) is 6.31. The fraction of sp³-hybridized carbons (Fsp3) is 0.938. The topological polar surface area (TPSA) is 44.4 Å². The molecule has 1 rings (SSSR count). The molecule has 1 aliphatic heterocycles. The van der Waals surface area contributed by atoms with Crippen molar-refractivity contribution < 1.29 is 4.79 Å². The lowest BCUT2D eigenvalue weighted by molar-refractivity contribution is -0.121. The Balaban J connectivity index is 2.37. The van der Waals surface area contributed by atoms with E-state index in [-0.39, 0.29) is 5.91 Å². The Kier molecular flexibility index (Phi) is 8.15. The summed E-state index contributed by atoms with van der Waals surface area (Å²) in [6.07, 6.45) is 4.11. The van der Waals surface area contributed by atoms with E-state index < -0.39 is 0 Å². The van der Waals surface area contributed by atoms with E-state index >= 15 is 0 Å². The molecule has 4 nitrogen and oxygen atoms in total. The minimum Gasteiger partial charge on any atom is -0.354 e. The molecule has 0 aliphatic carbocycles. The van der Waals surface area contributed by atoms with Crippen LogP contribution in [0.5, 0.6) is 0 Å². The molecular formula is C16H33N3O. The van der Waals surface area contributed by atoms with Crippen molar-refractivity contribution in [2.75, 3.05) is 26.2 Å². The first-order valence-electron chi connectivity index (χ1n) is 8.30. The lowest BCUT2D eigenvalue weighted by Crippen LogP contribution is -2.45. The molecule has 0 saturated carbocycles. The number of nitrogens with one attached hydrogen (secondary N) is 2. The van der Waals surface area contributed by atoms with Crippen LogP contribution in [0.3, 0.4) is 0 Å². The highest BCUT2D eigenvalue weighted by molar-refractivity contribution is 5.76. The number of carbonyl (C=O) groups excluding carboxylic acids is 1. The van der Waals surface area contributed by atoms with Gasteiger partial charge >= 0.3 is 0 Å². The van der Waals surface area contributed by atoms with E-state index in [0.717, 1.165) is 39.0 Å². The van der Waals surface area contributed by atoms with Gasteiger partial charge in [-0.1, -0.05) is 27.7 Å². The summed E-state index contributed by atoms with van der Waals surface area (Å²) in [6.45, 7) is 12.8. The molecule has 1 fully saturated rings. The Morgan fingerprint density at radius 2 is 2.05 bits per heavy atom. The molecular weight excluding hydrogens is 250 g/mol. The number of rotatable bonds is 9. The maximum absolute atomic E-state index is 12.0. The summed E-state index contributed by atoms with van der Waals surface area (Å²) in [4.78, 5) is 14.5. The summed E-state index contributed by atoms with van der Waals surface area (Å²) >= 11 is 0. The SMILES string of the molecule is CCN(CC)C(CNC(=O)CC1CCCN1)CC(C)C. The van der Waals surface area contributed by atoms with Gasteiger partial charge in [-0.25, -0.2) is 0 Å². The van der Waals surface area contributed by atoms with E-state index in [2.05, 4.69) is 43.2 Å². The summed E-state index contributed by atoms with van der Waals surface area (Å²) in [6, 6.07) is 0.859. The minimum absolute atomic E-state index is 0.199. The zero-order valence-electron chi connectivity index (χ0n) is 13.7. The van der Waals surface area contributed by atoms with Gasteiger partial charge in [-0.2, -0.15) is 0 Å². The lowest BCUT2D eigenvalue weighted by Gasteiger charge is -2.31. The monoisotopic (exact) mass is 283 g/mol. The molecule has 1 saturated heterocycles. The maximum atomic E-state index is 12.0. The van der Waals surface area contributed by atoms with Crippen LogP contribution in [0.1, 0.15) is 53.4 Å². The van der Waals surface area contributed by atoms with Crippen molar-refractivity contribution in [1.29, 1.82) is 0 Å². The smallest absolute Gasteiger partial charge is 0.221 e. The minimum atomic E-state index is 0.199. The summed E-state index contributed by atoms with van der Waals surface area (Å²) in [5.41, 5.74) is 0. The predicted molar refractivity (Wildman–Crippen MR) is 84.8 cm³/mol. The molecule has 0 spiro atoms. The Morgan fingerprint density at radius 3 is 2.55 bits per heavy atom. The molecule has 4 heteroatoms. The second-order valence-electron chi connectivity index (χ2n) is 6.31. The van der Waals surface area contributed by atoms with E-state index in [9.17, 15) is 4.79 Å². The summed E-state index contributed by atoms with van der Waals surface area (Å²) in [5, 5.41) is 6.52. The van der Waals surface area contributed by atoms with Crippen molar-refractivity contribution in [3.8, 4) is 0 Å². The number of likely N-dealkylation sites (N-methyl/N-ethyl adjacent to an activating group) is 1. The molecule has 1 aliphatic rings. The van der Waals surface area contributed by atoms with Crippen LogP contribution in [-0.4, -0.2) is 49.1 Å². The van der Waals surface area contributed by atoms with E-state index in [4.69, 9.17) is 0 Å². The zero-order valence-corrected chi connectivity index (χ0v) is 13.7. The zero-order chi connectivity index (χ0) is 15.0. The van der Waals surface area contributed by atoms with Crippen molar-refractivity contribution in [3.05, 3.63) is 0 Å². The van der Waals surface area contributed by atoms with Gasteiger partial charge in [0.1, 0.15) is 0 Å². The molecule has 1 heterocycles. The Hall–Kier alpha value is -0.610. The highest BCUT2D eigenvalue weighted by Crippen LogP contribution is 2.12. The van der Waals surface area contributed by atoms with Crippen molar-refractivity contribution >= 4 is 5.91 Å². The van der Waals surface area contributed by atoms with E-state index in [1.54, 1.807) is 0 Å². The van der Waals surface area contributed by atoms with Gasteiger partial charge in [-0.3, -0.25) is 9.69 Å². The number of amides is 1. The summed E-state index contributed by atoms with van der Waals surface area (Å²) < 4.78 is 0. The molecule has 1 amide bonds. The lowest BCUT2D eigenvalue weighted by atomic mass is 10.0. The molecule has 0 aromatic heterocycles. The standard InChI is InChI=1S/C16H33N3O/c1-5-19(6-2)15(10-13(3)4)12-18-16(20)11-14-8-7-9-17-14/h13-15,17H,5-12H2,1-4H3,(H,18,20). The van der Waals surface area contributed by atoms with Crippen molar-refractivity contribution in [2.24, 2.45) is 5.92 Å². The second kappa shape index (κ2) is 9.35. The van der Waals surface area contributed by atoms with Gasteiger partial charge in [-0.05, 0) is 44.8 Å². The van der Waals surface area contributed by atoms with Crippen LogP contribution < -0.4 is 10.6 Å². The predicted octanol–water partition coefficient (Wildman–Crippen LogP) is 2.00. The highest BCUT2D eigenvalue weighted by Gasteiger charge is 2.20. The maximum Gasteiger partial charge on any atom is 0.221 e. The molecule has 0 aromatic rings. The van der Waals surface area contributed by atoms with Crippen LogP contribution in [0.15, 0.2) is 0 Å². The summed E-state index contributed by atoms with van der Waals surface area (Å²) in [7, 11) is 0. The fourth-order valence-electron chi connectivity index (χ4n) is 3.10. The summed E-state index contributed by atoms with van der Waals surface area (Å²) in [5.74, 6) is 0.860. The first-order chi connectivity index (χ1) is 9.56. The van der Waals surface area contributed by atoms with Gasteiger partial charge in [0, 0.05) is 25.0 Å². The molecule has 2 unspecified atom stereocenters. The van der Waals surface area contributed by atoms with Crippen molar-refractivity contribution in [3.63, 3.8) is 0 Å². The van der Waals surface area contributed by atoms with E-state index in [0.29, 0.717) is 24.4 Å². The fourth-order valence-corrected chi connectivity index (χ4v) is 3.10. The van der Waals surface area contributed by atoms with Crippen LogP contribution >= 0.6 is 0 Å². The first-order valence-corrected chi connectivity index (χ1v) is 8.30. The van der Waals surface area contributed by atoms with Gasteiger partial charge in [0.05, 0.1) is 0 Å². The normalized spacial score (nSPS) is 20.6. The van der Waals surface area contributed by atoms with Crippen LogP contribution in [-0.2, 0) is 4.79 Å². The Labute approximate surface area is 124 Å². The molecule has 2 N–H and O–H groups in total. The molecule has 0 radical (unpaired) electrons. The molecule has 0 aromatic carbocycles. The van der Waals surface area contributed by atoms with Crippen molar-refractivity contribution in [1.82, 2.24) is 15.5 Å². The van der Waals surface area contributed by atoms with Gasteiger partial charge in [0.2, 0.25) is 5.91 Å². The van der Waals surface area contributed by atoms with E-state index in [1.165, 1.54) is 6.42 Å². The van der Waals surface area contributed by atoms with Crippen LogP contribution in [0.2, 0.25) is 0 Å². The van der Waals surface area contributed by atoms with E-state index in [1.807, 2.05) is 0 Å². The average Bonchev–Trinajstić information content (AvgIpc) is 2.89. The Morgan fingerprint density at radius 1 is 1.35 bits per heavy atom. The quantitative estimate of drug-likeness (QED) is 0.680. The first kappa shape index (κ1) is 17.4. The van der Waals surface area contributed by atoms with Gasteiger partial charge in [-0.15, -0.1) is 0 Å². The van der Waals surface area contributed by atoms with Gasteiger partial charge in [0.15, 0.2) is 0 Å². The number of hydrogen-bond donors (Lipinski definition) is 2. The molecule has 0 bridgehead atoms. The largest absolute Gasteiger partial charge is 0.354 e. The average molecular weight is 283 g/mol. The highest BCUT2D eigenvalue weighted by atomic mass is 16.1. The number of nitrogens with zero attached hydrogens (tertiary/aromatic N) is 1. The molecule has 2 atom stereocenters. The third kappa shape index (κ3) is 6.23. The number of carbonyl (C=O) groups is 1. The third-order valence-corrected chi connectivity index (χ3v) is 4.20. The van der Waals surface area contributed by atoms with Crippen LogP contribution in [0.4, 0.5) is 0 Å². The Bertz CT molecular complexity index is 271. The number of hydrogen-bond acceptors (Lipinski definition) is 3. The van der Waals surface area contributed by atoms with Gasteiger partial charge < -0.3 is 10.6 Å². The molecule has 20 heavy (non-hydrogen) atoms.